The van der Waals surface area contributed by atoms with Gasteiger partial charge in [0, 0.05) is 0 Å². The third-order valence-corrected chi connectivity index (χ3v) is 4.77. The zero-order chi connectivity index (χ0) is 6.91. The van der Waals surface area contributed by atoms with Gasteiger partial charge in [0.2, 0.25) is 0 Å². The van der Waals surface area contributed by atoms with Gasteiger partial charge in [-0.25, -0.2) is 0 Å². The summed E-state index contributed by atoms with van der Waals surface area (Å²) in [6.45, 7) is 0. The van der Waals surface area contributed by atoms with Gasteiger partial charge in [0.15, 0.2) is 0 Å². The van der Waals surface area contributed by atoms with Crippen molar-refractivity contribution >= 4 is 23.7 Å². The Hall–Kier alpha value is 0.483. The molecule has 1 N–H and O–H groups in total. The number of aromatic amines is 1. The Balaban J connectivity index is 2.90. The minimum atomic E-state index is -2.38. The Morgan fingerprint density at radius 3 is 2.44 bits per heavy atom. The van der Waals surface area contributed by atoms with Gasteiger partial charge in [0.25, 0.3) is 0 Å². The number of nitrogens with one attached hydrogen (secondary N) is 1. The predicted octanol–water partition coefficient (Wildman–Crippen LogP) is 2.15. The van der Waals surface area contributed by atoms with E-state index in [0.29, 0.717) is 0 Å². The van der Waals surface area contributed by atoms with E-state index in [1.165, 1.54) is 0 Å². The molecule has 0 atom stereocenters. The Morgan fingerprint density at radius 2 is 2.22 bits per heavy atom. The molecule has 54 valence electrons. The van der Waals surface area contributed by atoms with Crippen LogP contribution in [0, 0.1) is 0 Å². The molecule has 0 unspecified atom stereocenters. The molecule has 0 aliphatic rings. The third kappa shape index (κ3) is 1.96. The van der Waals surface area contributed by atoms with Crippen LogP contribution in [0.3, 0.4) is 0 Å². The van der Waals surface area contributed by atoms with Crippen molar-refractivity contribution in [2.24, 2.45) is 0 Å². The Bertz CT molecular complexity index is 177. The predicted molar refractivity (Wildman–Crippen MR) is 38.0 cm³/mol. The van der Waals surface area contributed by atoms with Crippen LogP contribution in [0.15, 0.2) is 18.3 Å². The fourth-order valence-corrected chi connectivity index (χ4v) is 2.74. The van der Waals surface area contributed by atoms with Gasteiger partial charge < -0.3 is 0 Å². The molecule has 0 aliphatic heterocycles. The fraction of sp³-hybridized carbons (Fsp3) is 0.200. The van der Waals surface area contributed by atoms with Crippen molar-refractivity contribution in [1.82, 2.24) is 4.98 Å². The van der Waals surface area contributed by atoms with Gasteiger partial charge in [0.1, 0.15) is 0 Å². The molecule has 0 amide bonds. The normalized spacial score (nSPS) is 13.7. The average molecular weight is 253 g/mol. The first kappa shape index (κ1) is 7.59. The molecule has 0 aromatic carbocycles. The summed E-state index contributed by atoms with van der Waals surface area (Å²) in [4.78, 5) is 2.99. The van der Waals surface area contributed by atoms with Crippen LogP contribution in [0.25, 0.3) is 0 Å². The number of H-pyrrole nitrogens is 1. The topological polar surface area (TPSA) is 15.8 Å². The van der Waals surface area contributed by atoms with E-state index >= 15 is 0 Å². The Labute approximate surface area is 65.3 Å². The van der Waals surface area contributed by atoms with Crippen LogP contribution in [0.5, 0.6) is 0 Å². The van der Waals surface area contributed by atoms with Crippen molar-refractivity contribution in [3.63, 3.8) is 0 Å². The maximum absolute atomic E-state index is 5.90. The van der Waals surface area contributed by atoms with Gasteiger partial charge in [-0.15, -0.1) is 0 Å². The van der Waals surface area contributed by atoms with E-state index in [9.17, 15) is 0 Å². The fourth-order valence-electron chi connectivity index (χ4n) is 0.497. The number of hydrogen-bond donors (Lipinski definition) is 1. The summed E-state index contributed by atoms with van der Waals surface area (Å²) in [7, 11) is 11.8. The first-order valence-electron chi connectivity index (χ1n) is 2.29. The van der Waals surface area contributed by atoms with E-state index in [1.54, 1.807) is 0 Å². The molecule has 1 aromatic heterocycles. The maximum atomic E-state index is 5.90. The van der Waals surface area contributed by atoms with Crippen LogP contribution in [0.4, 0.5) is 0 Å². The van der Waals surface area contributed by atoms with Gasteiger partial charge in [-0.2, -0.15) is 0 Å². The Kier molecular flexibility index (Phi) is 2.20. The van der Waals surface area contributed by atoms with Gasteiger partial charge in [-0.1, -0.05) is 0 Å². The molecule has 0 bridgehead atoms. The van der Waals surface area contributed by atoms with E-state index in [1.807, 2.05) is 23.8 Å². The van der Waals surface area contributed by atoms with E-state index < -0.39 is 12.8 Å². The molecule has 1 nitrogen and oxygen atoms in total. The van der Waals surface area contributed by atoms with Crippen molar-refractivity contribution in [1.29, 1.82) is 0 Å². The molecule has 0 radical (unpaired) electrons. The molecule has 1 rings (SSSR count). The second kappa shape index (κ2) is 2.61. The summed E-state index contributed by atoms with van der Waals surface area (Å²) >= 11 is -2.38. The van der Waals surface area contributed by atoms with E-state index in [0.717, 1.165) is 4.29 Å². The summed E-state index contributed by atoms with van der Waals surface area (Å²) in [5.74, 6) is 0. The summed E-state index contributed by atoms with van der Waals surface area (Å²) in [5, 5.41) is 0. The second-order valence-corrected chi connectivity index (χ2v) is 12.8. The molecule has 0 saturated carbocycles. The van der Waals surface area contributed by atoms with Crippen molar-refractivity contribution in [2.75, 3.05) is 0 Å². The van der Waals surface area contributed by atoms with Crippen LogP contribution in [-0.4, -0.2) is 4.98 Å². The van der Waals surface area contributed by atoms with Crippen molar-refractivity contribution in [3.8, 4) is 0 Å². The van der Waals surface area contributed by atoms with Crippen LogP contribution >= 0.6 is 19.4 Å². The van der Waals surface area contributed by atoms with E-state index in [2.05, 4.69) is 4.98 Å². The van der Waals surface area contributed by atoms with Crippen molar-refractivity contribution < 1.29 is 12.8 Å². The number of rotatable bonds is 1. The molecule has 1 aromatic rings. The number of aromatic nitrogens is 1. The van der Waals surface area contributed by atoms with Crippen LogP contribution < -0.4 is 4.29 Å². The number of halogens is 2. The molecule has 1 heterocycles. The molecular weight excluding hydrogens is 246 g/mol. The summed E-state index contributed by atoms with van der Waals surface area (Å²) in [5.41, 5.74) is 1.89. The third-order valence-electron chi connectivity index (χ3n) is 0.887. The molecule has 0 spiro atoms. The first-order chi connectivity index (χ1) is 4.11. The number of hydrogen-bond acceptors (Lipinski definition) is 0. The van der Waals surface area contributed by atoms with Gasteiger partial charge in [-0.05, 0) is 0 Å². The zero-order valence-electron chi connectivity index (χ0n) is 4.84. The molecule has 0 fully saturated rings. The monoisotopic (exact) mass is 253 g/mol. The first-order valence-corrected chi connectivity index (χ1v) is 9.37. The second-order valence-electron chi connectivity index (χ2n) is 1.63. The van der Waals surface area contributed by atoms with Crippen LogP contribution in [0.2, 0.25) is 5.52 Å². The minimum absolute atomic E-state index is 0.995. The molecule has 0 aliphatic carbocycles. The summed E-state index contributed by atoms with van der Waals surface area (Å²) in [6.07, 6.45) is 1.83. The van der Waals surface area contributed by atoms with Crippen molar-refractivity contribution in [2.45, 2.75) is 5.52 Å². The molecule has 0 saturated heterocycles. The quantitative estimate of drug-likeness (QED) is 0.738. The summed E-state index contributed by atoms with van der Waals surface area (Å²) in [6, 6.07) is 3.82. The summed E-state index contributed by atoms with van der Waals surface area (Å²) < 4.78 is 0.995. The van der Waals surface area contributed by atoms with Crippen LogP contribution in [0.1, 0.15) is 0 Å². The zero-order valence-corrected chi connectivity index (χ0v) is 8.09. The molecule has 9 heavy (non-hydrogen) atoms. The van der Waals surface area contributed by atoms with Gasteiger partial charge in [0.05, 0.1) is 0 Å². The molecular formula is C5H7Cl2NRu. The Morgan fingerprint density at radius 1 is 1.56 bits per heavy atom. The van der Waals surface area contributed by atoms with Crippen LogP contribution in [-0.2, 0) is 12.8 Å². The van der Waals surface area contributed by atoms with Gasteiger partial charge >= 0.3 is 65.3 Å². The molecule has 4 heteroatoms. The SMILES string of the molecule is [CH3][Ru]([Cl])([Cl])[c]1ccc[nH]1. The van der Waals surface area contributed by atoms with E-state index in [-0.39, 0.29) is 0 Å². The van der Waals surface area contributed by atoms with Gasteiger partial charge in [-0.3, -0.25) is 0 Å². The average Bonchev–Trinajstić information content (AvgIpc) is 2.08. The van der Waals surface area contributed by atoms with Crippen molar-refractivity contribution in [3.05, 3.63) is 18.3 Å². The standard InChI is InChI=1S/C4H4N.CH3.2ClH.Ru/c1-2-4-5-3-1;;;;/h1-3,5H;1H3;2*1H;/q;;;;+2/p-2. The van der Waals surface area contributed by atoms with E-state index in [4.69, 9.17) is 19.4 Å².